The van der Waals surface area contributed by atoms with Crippen molar-refractivity contribution in [2.24, 2.45) is 0 Å². The van der Waals surface area contributed by atoms with Crippen LogP contribution in [0, 0.1) is 0 Å². The maximum Gasteiger partial charge on any atom is 0.317 e. The summed E-state index contributed by atoms with van der Waals surface area (Å²) < 4.78 is 5.79. The summed E-state index contributed by atoms with van der Waals surface area (Å²) in [6.07, 6.45) is 1.09. The van der Waals surface area contributed by atoms with Gasteiger partial charge in [0.1, 0.15) is 10.0 Å². The number of benzene rings is 1. The standard InChI is InChI=1S/C17H22N4O2S/c1-3-14-11-21(10-12(2)23-14)17(22)18-9-15-19-20-16(24-15)13-7-5-4-6-8-13/h4-8,12,14H,3,9-11H2,1-2H3,(H,18,22)/t12-,14+/m1/s1. The summed E-state index contributed by atoms with van der Waals surface area (Å²) >= 11 is 1.50. The second-order valence-electron chi connectivity index (χ2n) is 5.91. The van der Waals surface area contributed by atoms with Crippen LogP contribution in [0.2, 0.25) is 0 Å². The average molecular weight is 346 g/mol. The van der Waals surface area contributed by atoms with E-state index in [1.807, 2.05) is 42.2 Å². The average Bonchev–Trinajstić information content (AvgIpc) is 3.09. The fourth-order valence-electron chi connectivity index (χ4n) is 2.72. The smallest absolute Gasteiger partial charge is 0.317 e. The largest absolute Gasteiger partial charge is 0.372 e. The predicted octanol–water partition coefficient (Wildman–Crippen LogP) is 2.91. The Bertz CT molecular complexity index is 676. The second kappa shape index (κ2) is 7.72. The number of urea groups is 1. The molecular formula is C17H22N4O2S. The molecule has 2 heterocycles. The fraction of sp³-hybridized carbons (Fsp3) is 0.471. The van der Waals surface area contributed by atoms with Gasteiger partial charge in [-0.1, -0.05) is 48.6 Å². The number of hydrogen-bond acceptors (Lipinski definition) is 5. The lowest BCUT2D eigenvalue weighted by atomic mass is 10.2. The number of morpholine rings is 1. The lowest BCUT2D eigenvalue weighted by Crippen LogP contribution is -2.52. The maximum absolute atomic E-state index is 12.4. The van der Waals surface area contributed by atoms with Crippen LogP contribution in [0.5, 0.6) is 0 Å². The van der Waals surface area contributed by atoms with Gasteiger partial charge in [-0.3, -0.25) is 0 Å². The SMILES string of the molecule is CC[C@H]1CN(C(=O)NCc2nnc(-c3ccccc3)s2)C[C@@H](C)O1. The molecule has 0 spiro atoms. The number of carbonyl (C=O) groups is 1. The first-order valence-corrected chi connectivity index (χ1v) is 9.03. The molecule has 3 rings (SSSR count). The van der Waals surface area contributed by atoms with E-state index in [0.29, 0.717) is 19.6 Å². The van der Waals surface area contributed by atoms with Crippen molar-refractivity contribution in [3.05, 3.63) is 35.3 Å². The lowest BCUT2D eigenvalue weighted by molar-refractivity contribution is -0.0646. The number of nitrogens with one attached hydrogen (secondary N) is 1. The van der Waals surface area contributed by atoms with Crippen molar-refractivity contribution in [3.63, 3.8) is 0 Å². The Hall–Kier alpha value is -1.99. The van der Waals surface area contributed by atoms with Crippen molar-refractivity contribution >= 4 is 17.4 Å². The minimum Gasteiger partial charge on any atom is -0.372 e. The molecule has 1 aliphatic rings. The van der Waals surface area contributed by atoms with Crippen molar-refractivity contribution in [2.45, 2.75) is 39.0 Å². The van der Waals surface area contributed by atoms with Crippen LogP contribution in [0.1, 0.15) is 25.3 Å². The molecule has 0 aliphatic carbocycles. The van der Waals surface area contributed by atoms with Crippen LogP contribution in [0.25, 0.3) is 10.6 Å². The van der Waals surface area contributed by atoms with E-state index in [-0.39, 0.29) is 18.2 Å². The van der Waals surface area contributed by atoms with Crippen molar-refractivity contribution in [1.29, 1.82) is 0 Å². The highest BCUT2D eigenvalue weighted by atomic mass is 32.1. The second-order valence-corrected chi connectivity index (χ2v) is 6.97. The van der Waals surface area contributed by atoms with Gasteiger partial charge in [0.2, 0.25) is 0 Å². The van der Waals surface area contributed by atoms with E-state index in [0.717, 1.165) is 22.0 Å². The number of ether oxygens (including phenoxy) is 1. The molecule has 1 aliphatic heterocycles. The van der Waals surface area contributed by atoms with Gasteiger partial charge in [0.05, 0.1) is 18.8 Å². The molecule has 1 N–H and O–H groups in total. The minimum absolute atomic E-state index is 0.0694. The van der Waals surface area contributed by atoms with Crippen LogP contribution in [-0.2, 0) is 11.3 Å². The number of amides is 2. The Labute approximate surface area is 145 Å². The zero-order valence-corrected chi connectivity index (χ0v) is 14.8. The highest BCUT2D eigenvalue weighted by Gasteiger charge is 2.27. The van der Waals surface area contributed by atoms with E-state index >= 15 is 0 Å². The van der Waals surface area contributed by atoms with Crippen LogP contribution < -0.4 is 5.32 Å². The third-order valence-electron chi connectivity index (χ3n) is 3.95. The summed E-state index contributed by atoms with van der Waals surface area (Å²) in [7, 11) is 0. The Balaban J connectivity index is 1.56. The molecule has 7 heteroatoms. The van der Waals surface area contributed by atoms with Crippen LogP contribution in [0.3, 0.4) is 0 Å². The van der Waals surface area contributed by atoms with E-state index in [1.54, 1.807) is 0 Å². The molecule has 0 unspecified atom stereocenters. The van der Waals surface area contributed by atoms with Gasteiger partial charge >= 0.3 is 6.03 Å². The molecule has 1 aromatic carbocycles. The summed E-state index contributed by atoms with van der Waals surface area (Å²) in [5.74, 6) is 0. The molecule has 0 saturated carbocycles. The summed E-state index contributed by atoms with van der Waals surface area (Å²) in [5, 5.41) is 13.0. The number of nitrogens with zero attached hydrogens (tertiary/aromatic N) is 3. The van der Waals surface area contributed by atoms with Gasteiger partial charge in [-0.25, -0.2) is 4.79 Å². The minimum atomic E-state index is -0.0694. The zero-order chi connectivity index (χ0) is 16.9. The molecule has 24 heavy (non-hydrogen) atoms. The quantitative estimate of drug-likeness (QED) is 0.924. The van der Waals surface area contributed by atoms with Gasteiger partial charge in [0, 0.05) is 18.7 Å². The molecule has 1 aromatic heterocycles. The number of rotatable bonds is 4. The van der Waals surface area contributed by atoms with Crippen LogP contribution in [0.15, 0.2) is 30.3 Å². The van der Waals surface area contributed by atoms with Gasteiger partial charge in [-0.2, -0.15) is 0 Å². The van der Waals surface area contributed by atoms with Crippen molar-refractivity contribution in [1.82, 2.24) is 20.4 Å². The van der Waals surface area contributed by atoms with E-state index < -0.39 is 0 Å². The van der Waals surface area contributed by atoms with E-state index in [4.69, 9.17) is 4.74 Å². The molecule has 6 nitrogen and oxygen atoms in total. The number of carbonyl (C=O) groups excluding carboxylic acids is 1. The molecular weight excluding hydrogens is 324 g/mol. The molecule has 128 valence electrons. The van der Waals surface area contributed by atoms with Crippen LogP contribution in [-0.4, -0.2) is 46.4 Å². The van der Waals surface area contributed by atoms with Gasteiger partial charge in [0.25, 0.3) is 0 Å². The summed E-state index contributed by atoms with van der Waals surface area (Å²) in [4.78, 5) is 14.2. The maximum atomic E-state index is 12.4. The first-order chi connectivity index (χ1) is 11.7. The number of hydrogen-bond donors (Lipinski definition) is 1. The van der Waals surface area contributed by atoms with Crippen molar-refractivity contribution < 1.29 is 9.53 Å². The van der Waals surface area contributed by atoms with Gasteiger partial charge in [0.15, 0.2) is 0 Å². The zero-order valence-electron chi connectivity index (χ0n) is 13.9. The normalized spacial score (nSPS) is 20.8. The van der Waals surface area contributed by atoms with Gasteiger partial charge < -0.3 is 15.0 Å². The molecule has 2 aromatic rings. The third kappa shape index (κ3) is 4.10. The third-order valence-corrected chi connectivity index (χ3v) is 4.92. The van der Waals surface area contributed by atoms with E-state index in [9.17, 15) is 4.79 Å². The fourth-order valence-corrected chi connectivity index (χ4v) is 3.51. The number of aromatic nitrogens is 2. The molecule has 0 bridgehead atoms. The molecule has 1 fully saturated rings. The van der Waals surface area contributed by atoms with Crippen molar-refractivity contribution in [3.8, 4) is 10.6 Å². The first kappa shape index (κ1) is 16.9. The molecule has 2 amide bonds. The van der Waals surface area contributed by atoms with E-state index in [2.05, 4.69) is 22.4 Å². The monoisotopic (exact) mass is 346 g/mol. The van der Waals surface area contributed by atoms with Gasteiger partial charge in [-0.05, 0) is 13.3 Å². The molecule has 2 atom stereocenters. The van der Waals surface area contributed by atoms with E-state index in [1.165, 1.54) is 11.3 Å². The highest BCUT2D eigenvalue weighted by molar-refractivity contribution is 7.14. The summed E-state index contributed by atoms with van der Waals surface area (Å²) in [6, 6.07) is 9.86. The Morgan fingerprint density at radius 3 is 2.88 bits per heavy atom. The predicted molar refractivity (Wildman–Crippen MR) is 93.8 cm³/mol. The first-order valence-electron chi connectivity index (χ1n) is 8.21. The summed E-state index contributed by atoms with van der Waals surface area (Å²) in [6.45, 7) is 5.72. The Kier molecular flexibility index (Phi) is 5.42. The highest BCUT2D eigenvalue weighted by Crippen LogP contribution is 2.23. The van der Waals surface area contributed by atoms with Crippen LogP contribution >= 0.6 is 11.3 Å². The topological polar surface area (TPSA) is 67.4 Å². The van der Waals surface area contributed by atoms with Crippen LogP contribution in [0.4, 0.5) is 4.79 Å². The molecule has 1 saturated heterocycles. The lowest BCUT2D eigenvalue weighted by Gasteiger charge is -2.36. The summed E-state index contributed by atoms with van der Waals surface area (Å²) in [5.41, 5.74) is 1.04. The van der Waals surface area contributed by atoms with Gasteiger partial charge in [-0.15, -0.1) is 10.2 Å². The molecule has 0 radical (unpaired) electrons. The van der Waals surface area contributed by atoms with Crippen molar-refractivity contribution in [2.75, 3.05) is 13.1 Å². The Morgan fingerprint density at radius 2 is 2.12 bits per heavy atom. The Morgan fingerprint density at radius 1 is 1.33 bits per heavy atom.